The lowest BCUT2D eigenvalue weighted by molar-refractivity contribution is 0.740. The van der Waals surface area contributed by atoms with E-state index in [0.717, 1.165) is 25.9 Å². The molecule has 0 spiro atoms. The molecule has 0 aromatic carbocycles. The van der Waals surface area contributed by atoms with Crippen molar-refractivity contribution in [2.24, 2.45) is 5.50 Å². The Morgan fingerprint density at radius 1 is 1.08 bits per heavy atom. The number of rotatable bonds is 8. The fourth-order valence-corrected chi connectivity index (χ4v) is 2.54. The van der Waals surface area contributed by atoms with Crippen LogP contribution >= 0.6 is 6.49 Å². The second-order valence-electron chi connectivity index (χ2n) is 3.18. The van der Waals surface area contributed by atoms with Gasteiger partial charge in [-0.2, -0.15) is 0 Å². The molecule has 0 aliphatic carbocycles. The van der Waals surface area contributed by atoms with E-state index in [2.05, 4.69) is 24.0 Å². The van der Waals surface area contributed by atoms with Gasteiger partial charge in [-0.25, -0.2) is 0 Å². The smallest absolute Gasteiger partial charge is 0.135 e. The summed E-state index contributed by atoms with van der Waals surface area (Å²) in [6, 6.07) is 0. The van der Waals surface area contributed by atoms with E-state index in [9.17, 15) is 0 Å². The van der Waals surface area contributed by atoms with Crippen LogP contribution in [0.4, 0.5) is 0 Å². The molecule has 0 rings (SSSR count). The Morgan fingerprint density at radius 3 is 1.77 bits per heavy atom. The Balaban J connectivity index is 3.49. The van der Waals surface area contributed by atoms with Gasteiger partial charge in [0.25, 0.3) is 0 Å². The molecule has 0 saturated carbocycles. The molecule has 0 atom stereocenters. The Morgan fingerprint density at radius 2 is 1.46 bits per heavy atom. The zero-order valence-electron chi connectivity index (χ0n) is 8.68. The van der Waals surface area contributed by atoms with Crippen LogP contribution in [0, 0.1) is 0 Å². The third kappa shape index (κ3) is 8.85. The molecule has 80 valence electrons. The van der Waals surface area contributed by atoms with Crippen molar-refractivity contribution in [1.29, 1.82) is 0 Å². The van der Waals surface area contributed by atoms with Gasteiger partial charge in [0.2, 0.25) is 0 Å². The van der Waals surface area contributed by atoms with Gasteiger partial charge in [0.15, 0.2) is 0 Å². The van der Waals surface area contributed by atoms with E-state index in [1.54, 1.807) is 0 Å². The largest absolute Gasteiger partial charge is 0.279 e. The molecule has 13 heavy (non-hydrogen) atoms. The van der Waals surface area contributed by atoms with Gasteiger partial charge >= 0.3 is 0 Å². The second-order valence-corrected chi connectivity index (χ2v) is 6.86. The first-order valence-electron chi connectivity index (χ1n) is 5.01. The fourth-order valence-electron chi connectivity index (χ4n) is 0.900. The molecule has 0 aromatic rings. The van der Waals surface area contributed by atoms with Gasteiger partial charge < -0.3 is 0 Å². The summed E-state index contributed by atoms with van der Waals surface area (Å²) in [7, 11) is 0. The summed E-state index contributed by atoms with van der Waals surface area (Å²) in [5, 5.41) is 6.42. The summed E-state index contributed by atoms with van der Waals surface area (Å²) in [5.74, 6) is 0. The van der Waals surface area contributed by atoms with Gasteiger partial charge in [0, 0.05) is 13.1 Å². The van der Waals surface area contributed by atoms with Crippen LogP contribution in [0.25, 0.3) is 0 Å². The molecule has 0 aliphatic rings. The Labute approximate surface area is 87.0 Å². The van der Waals surface area contributed by atoms with Crippen molar-refractivity contribution in [3.8, 4) is 0 Å². The predicted octanol–water partition coefficient (Wildman–Crippen LogP) is 1.95. The van der Waals surface area contributed by atoms with E-state index in [-0.39, 0.29) is 0 Å². The molecular formula is C8H22N3PS. The molecule has 0 aromatic heterocycles. The first-order valence-corrected chi connectivity index (χ1v) is 7.88. The maximum atomic E-state index is 5.90. The normalized spacial score (nSPS) is 11.9. The maximum absolute atomic E-state index is 5.90. The van der Waals surface area contributed by atoms with Crippen molar-refractivity contribution in [3.63, 3.8) is 0 Å². The predicted molar refractivity (Wildman–Crippen MR) is 64.3 cm³/mol. The van der Waals surface area contributed by atoms with Gasteiger partial charge in [0.1, 0.15) is 6.49 Å². The lowest BCUT2D eigenvalue weighted by Gasteiger charge is -2.19. The molecular weight excluding hydrogens is 201 g/mol. The molecule has 0 bridgehead atoms. The molecule has 5 heteroatoms. The number of nitrogens with one attached hydrogen (secondary N) is 2. The van der Waals surface area contributed by atoms with Crippen LogP contribution in [0.1, 0.15) is 39.5 Å². The van der Waals surface area contributed by atoms with Crippen molar-refractivity contribution in [2.75, 3.05) is 13.1 Å². The van der Waals surface area contributed by atoms with Crippen LogP contribution in [0.5, 0.6) is 0 Å². The number of hydrogen-bond acceptors (Lipinski definition) is 1. The molecule has 4 N–H and O–H groups in total. The minimum atomic E-state index is -1.92. The first kappa shape index (κ1) is 13.5. The zero-order valence-corrected chi connectivity index (χ0v) is 10.4. The highest BCUT2D eigenvalue weighted by Crippen LogP contribution is 2.24. The second kappa shape index (κ2) is 7.89. The van der Waals surface area contributed by atoms with E-state index in [4.69, 9.17) is 17.3 Å². The number of unbranched alkanes of at least 4 members (excludes halogenated alkanes) is 2. The number of nitrogens with two attached hydrogens (primary N) is 1. The highest BCUT2D eigenvalue weighted by atomic mass is 32.4. The lowest BCUT2D eigenvalue weighted by Crippen LogP contribution is -2.28. The summed E-state index contributed by atoms with van der Waals surface area (Å²) in [6.45, 7) is 4.27. The molecule has 0 radical (unpaired) electrons. The summed E-state index contributed by atoms with van der Waals surface area (Å²) in [6.07, 6.45) is 4.64. The molecule has 3 nitrogen and oxygen atoms in total. The van der Waals surface area contributed by atoms with Gasteiger partial charge in [-0.05, 0) is 24.6 Å². The molecule has 0 amide bonds. The highest BCUT2D eigenvalue weighted by Gasteiger charge is 2.06. The standard InChI is InChI=1S/C8H22N3PS/c1-3-5-7-10-12(9,13)11-8-6-4-2/h3-8H2,1-2H3,(H4,9,10,11,13). The molecule has 0 unspecified atom stereocenters. The minimum Gasteiger partial charge on any atom is -0.279 e. The molecule has 0 fully saturated rings. The van der Waals surface area contributed by atoms with Crippen LogP contribution < -0.4 is 15.7 Å². The van der Waals surface area contributed by atoms with Crippen LogP contribution in [0.3, 0.4) is 0 Å². The van der Waals surface area contributed by atoms with Gasteiger partial charge in [-0.1, -0.05) is 26.7 Å². The summed E-state index contributed by atoms with van der Waals surface area (Å²) in [4.78, 5) is 0. The van der Waals surface area contributed by atoms with Gasteiger partial charge in [-0.3, -0.25) is 15.7 Å². The summed E-state index contributed by atoms with van der Waals surface area (Å²) >= 11 is 5.24. The quantitative estimate of drug-likeness (QED) is 0.435. The molecule has 0 saturated heterocycles. The first-order chi connectivity index (χ1) is 6.12. The third-order valence-electron chi connectivity index (χ3n) is 1.75. The average Bonchev–Trinajstić information content (AvgIpc) is 2.05. The van der Waals surface area contributed by atoms with E-state index in [0.29, 0.717) is 0 Å². The van der Waals surface area contributed by atoms with Crippen molar-refractivity contribution >= 4 is 18.3 Å². The fraction of sp³-hybridized carbons (Fsp3) is 1.00. The van der Waals surface area contributed by atoms with E-state index in [1.807, 2.05) is 0 Å². The van der Waals surface area contributed by atoms with Gasteiger partial charge in [0.05, 0.1) is 0 Å². The monoisotopic (exact) mass is 223 g/mol. The third-order valence-corrected chi connectivity index (χ3v) is 3.92. The Kier molecular flexibility index (Phi) is 8.21. The topological polar surface area (TPSA) is 50.1 Å². The lowest BCUT2D eigenvalue weighted by atomic mass is 10.3. The van der Waals surface area contributed by atoms with Crippen molar-refractivity contribution in [2.45, 2.75) is 39.5 Å². The Hall–Kier alpha value is 0.530. The molecule has 0 heterocycles. The van der Waals surface area contributed by atoms with E-state index in [1.165, 1.54) is 12.8 Å². The van der Waals surface area contributed by atoms with E-state index < -0.39 is 6.49 Å². The SMILES string of the molecule is CCCCNP(N)(=S)NCCCC. The van der Waals surface area contributed by atoms with Gasteiger partial charge in [-0.15, -0.1) is 0 Å². The Bertz CT molecular complexity index is 149. The van der Waals surface area contributed by atoms with Crippen LogP contribution in [0.2, 0.25) is 0 Å². The van der Waals surface area contributed by atoms with Crippen molar-refractivity contribution < 1.29 is 0 Å². The minimum absolute atomic E-state index is 0.934. The summed E-state index contributed by atoms with van der Waals surface area (Å²) < 4.78 is 0. The van der Waals surface area contributed by atoms with Crippen molar-refractivity contribution in [3.05, 3.63) is 0 Å². The summed E-state index contributed by atoms with van der Waals surface area (Å²) in [5.41, 5.74) is 5.90. The zero-order chi connectivity index (χ0) is 10.2. The van der Waals surface area contributed by atoms with Crippen LogP contribution in [-0.2, 0) is 11.8 Å². The number of hydrogen-bond donors (Lipinski definition) is 3. The van der Waals surface area contributed by atoms with Crippen LogP contribution in [0.15, 0.2) is 0 Å². The highest BCUT2D eigenvalue weighted by molar-refractivity contribution is 8.11. The van der Waals surface area contributed by atoms with Crippen LogP contribution in [-0.4, -0.2) is 13.1 Å². The molecule has 0 aliphatic heterocycles. The average molecular weight is 223 g/mol. The van der Waals surface area contributed by atoms with E-state index >= 15 is 0 Å². The maximum Gasteiger partial charge on any atom is 0.135 e. The van der Waals surface area contributed by atoms with Crippen molar-refractivity contribution in [1.82, 2.24) is 10.2 Å².